The van der Waals surface area contributed by atoms with E-state index in [4.69, 9.17) is 5.11 Å². The smallest absolute Gasteiger partial charge is 0.323 e. The van der Waals surface area contributed by atoms with Crippen molar-refractivity contribution in [2.24, 2.45) is 0 Å². The van der Waals surface area contributed by atoms with Gasteiger partial charge in [0, 0.05) is 12.1 Å². The Hall–Kier alpha value is -2.35. The Balaban J connectivity index is 1.84. The van der Waals surface area contributed by atoms with E-state index in [9.17, 15) is 19.2 Å². The second-order valence-electron chi connectivity index (χ2n) is 4.63. The number of hydrogen-bond acceptors (Lipinski definition) is 5. The molecular weight excluding hydrogens is 308 g/mol. The van der Waals surface area contributed by atoms with Gasteiger partial charge in [-0.3, -0.25) is 24.1 Å². The molecule has 1 aliphatic heterocycles. The molecule has 2 rings (SSSR count). The number of carboxylic acids is 1. The van der Waals surface area contributed by atoms with Crippen LogP contribution in [0.5, 0.6) is 0 Å². The Morgan fingerprint density at radius 1 is 1.27 bits per heavy atom. The molecule has 0 aliphatic carbocycles. The first kappa shape index (κ1) is 16.0. The quantitative estimate of drug-likeness (QED) is 0.742. The van der Waals surface area contributed by atoms with Gasteiger partial charge in [0.05, 0.1) is 11.0 Å². The van der Waals surface area contributed by atoms with Crippen LogP contribution in [0.25, 0.3) is 0 Å². The summed E-state index contributed by atoms with van der Waals surface area (Å²) in [5.74, 6) is -2.58. The fourth-order valence-electron chi connectivity index (χ4n) is 1.98. The molecule has 0 bridgehead atoms. The molecule has 1 heterocycles. The average Bonchev–Trinajstić information content (AvgIpc) is 2.73. The van der Waals surface area contributed by atoms with Gasteiger partial charge in [0.2, 0.25) is 17.7 Å². The predicted molar refractivity (Wildman–Crippen MR) is 80.3 cm³/mol. The van der Waals surface area contributed by atoms with Crippen molar-refractivity contribution in [1.82, 2.24) is 4.90 Å². The van der Waals surface area contributed by atoms with Crippen LogP contribution in [0.1, 0.15) is 6.42 Å². The third-order valence-electron chi connectivity index (χ3n) is 2.97. The molecule has 0 aromatic heterocycles. The van der Waals surface area contributed by atoms with Gasteiger partial charge in [0.1, 0.15) is 6.54 Å². The molecule has 22 heavy (non-hydrogen) atoms. The van der Waals surface area contributed by atoms with Crippen molar-refractivity contribution >= 4 is 41.1 Å². The zero-order valence-corrected chi connectivity index (χ0v) is 12.3. The minimum absolute atomic E-state index is 0.0134. The molecule has 0 radical (unpaired) electrons. The van der Waals surface area contributed by atoms with Crippen LogP contribution in [0.15, 0.2) is 30.3 Å². The number of carboxylic acid groups (broad SMARTS) is 1. The van der Waals surface area contributed by atoms with Gasteiger partial charge in [-0.25, -0.2) is 0 Å². The number of amides is 3. The minimum Gasteiger partial charge on any atom is -0.480 e. The molecule has 0 saturated carbocycles. The Bertz CT molecular complexity index is 605. The van der Waals surface area contributed by atoms with Crippen molar-refractivity contribution in [3.05, 3.63) is 30.3 Å². The van der Waals surface area contributed by atoms with Gasteiger partial charge in [-0.2, -0.15) is 0 Å². The van der Waals surface area contributed by atoms with Crippen LogP contribution in [0.2, 0.25) is 0 Å². The van der Waals surface area contributed by atoms with E-state index in [1.165, 1.54) is 0 Å². The molecule has 1 atom stereocenters. The van der Waals surface area contributed by atoms with Crippen molar-refractivity contribution < 1.29 is 24.3 Å². The van der Waals surface area contributed by atoms with E-state index in [0.717, 1.165) is 16.7 Å². The summed E-state index contributed by atoms with van der Waals surface area (Å²) in [7, 11) is 0. The summed E-state index contributed by atoms with van der Waals surface area (Å²) in [4.78, 5) is 46.6. The number of aliphatic carboxylic acids is 1. The summed E-state index contributed by atoms with van der Waals surface area (Å²) in [6.45, 7) is -0.634. The van der Waals surface area contributed by atoms with Gasteiger partial charge >= 0.3 is 5.97 Å². The van der Waals surface area contributed by atoms with E-state index in [0.29, 0.717) is 5.69 Å². The number of carbonyl (C=O) groups excluding carboxylic acids is 3. The van der Waals surface area contributed by atoms with E-state index < -0.39 is 29.6 Å². The van der Waals surface area contributed by atoms with Crippen molar-refractivity contribution in [3.8, 4) is 0 Å². The fraction of sp³-hybridized carbons (Fsp3) is 0.286. The summed E-state index contributed by atoms with van der Waals surface area (Å²) in [5, 5.41) is 10.6. The molecule has 2 N–H and O–H groups in total. The maximum Gasteiger partial charge on any atom is 0.323 e. The van der Waals surface area contributed by atoms with Crippen LogP contribution in [-0.2, 0) is 19.2 Å². The van der Waals surface area contributed by atoms with Gasteiger partial charge in [-0.15, -0.1) is 11.8 Å². The SMILES string of the molecule is O=C(O)CN1C(=O)C[C@H](SCC(=O)Nc2ccccc2)C1=O. The second kappa shape index (κ2) is 7.08. The number of imide groups is 1. The lowest BCUT2D eigenvalue weighted by Gasteiger charge is -2.11. The first-order chi connectivity index (χ1) is 10.5. The highest BCUT2D eigenvalue weighted by molar-refractivity contribution is 8.01. The first-order valence-corrected chi connectivity index (χ1v) is 7.54. The van der Waals surface area contributed by atoms with Crippen molar-refractivity contribution in [2.45, 2.75) is 11.7 Å². The number of nitrogens with one attached hydrogen (secondary N) is 1. The van der Waals surface area contributed by atoms with Crippen LogP contribution in [0.3, 0.4) is 0 Å². The molecule has 8 heteroatoms. The number of hydrogen-bond donors (Lipinski definition) is 2. The largest absolute Gasteiger partial charge is 0.480 e. The Morgan fingerprint density at radius 3 is 2.59 bits per heavy atom. The summed E-state index contributed by atoms with van der Waals surface area (Å²) in [5.41, 5.74) is 0.648. The third kappa shape index (κ3) is 4.08. The van der Waals surface area contributed by atoms with Crippen LogP contribution < -0.4 is 5.32 Å². The summed E-state index contributed by atoms with van der Waals surface area (Å²) >= 11 is 1.04. The van der Waals surface area contributed by atoms with Gasteiger partial charge in [0.15, 0.2) is 0 Å². The standard InChI is InChI=1S/C14H14N2O5S/c17-11(15-9-4-2-1-3-5-9)8-22-10-6-12(18)16(14(10)21)7-13(19)20/h1-5,10H,6-8H2,(H,15,17)(H,19,20)/t10-/m0/s1. The molecule has 1 aromatic rings. The maximum absolute atomic E-state index is 11.9. The highest BCUT2D eigenvalue weighted by Gasteiger charge is 2.39. The highest BCUT2D eigenvalue weighted by atomic mass is 32.2. The topological polar surface area (TPSA) is 104 Å². The minimum atomic E-state index is -1.24. The lowest BCUT2D eigenvalue weighted by Crippen LogP contribution is -2.36. The molecule has 7 nitrogen and oxygen atoms in total. The van der Waals surface area contributed by atoms with Gasteiger partial charge in [-0.1, -0.05) is 18.2 Å². The predicted octanol–water partition coefficient (Wildman–Crippen LogP) is 0.570. The number of nitrogens with zero attached hydrogens (tertiary/aromatic N) is 1. The number of anilines is 1. The molecule has 1 aliphatic rings. The number of benzene rings is 1. The normalized spacial score (nSPS) is 17.6. The summed E-state index contributed by atoms with van der Waals surface area (Å²) in [6, 6.07) is 8.87. The van der Waals surface area contributed by atoms with Crippen LogP contribution in [0, 0.1) is 0 Å². The highest BCUT2D eigenvalue weighted by Crippen LogP contribution is 2.25. The van der Waals surface area contributed by atoms with E-state index >= 15 is 0 Å². The lowest BCUT2D eigenvalue weighted by atomic mass is 10.3. The summed E-state index contributed by atoms with van der Waals surface area (Å²) < 4.78 is 0. The zero-order chi connectivity index (χ0) is 16.1. The molecule has 1 saturated heterocycles. The maximum atomic E-state index is 11.9. The number of likely N-dealkylation sites (tertiary alicyclic amines) is 1. The van der Waals surface area contributed by atoms with Crippen LogP contribution in [0.4, 0.5) is 5.69 Å². The Kier molecular flexibility index (Phi) is 5.16. The van der Waals surface area contributed by atoms with E-state index in [-0.39, 0.29) is 18.1 Å². The third-order valence-corrected chi connectivity index (χ3v) is 4.17. The molecular formula is C14H14N2O5S. The number of carbonyl (C=O) groups is 4. The van der Waals surface area contributed by atoms with Crippen LogP contribution in [-0.4, -0.2) is 51.2 Å². The summed E-state index contributed by atoms with van der Waals surface area (Å²) in [6.07, 6.45) is -0.0740. The van der Waals surface area contributed by atoms with Crippen LogP contribution >= 0.6 is 11.8 Å². The van der Waals surface area contributed by atoms with Crippen molar-refractivity contribution in [1.29, 1.82) is 0 Å². The van der Waals surface area contributed by atoms with Crippen molar-refractivity contribution in [2.75, 3.05) is 17.6 Å². The molecule has 1 aromatic carbocycles. The zero-order valence-electron chi connectivity index (χ0n) is 11.5. The van der Waals surface area contributed by atoms with E-state index in [1.54, 1.807) is 24.3 Å². The Morgan fingerprint density at radius 2 is 1.95 bits per heavy atom. The fourth-order valence-corrected chi connectivity index (χ4v) is 2.93. The van der Waals surface area contributed by atoms with Gasteiger partial charge < -0.3 is 10.4 Å². The first-order valence-electron chi connectivity index (χ1n) is 6.50. The monoisotopic (exact) mass is 322 g/mol. The molecule has 0 spiro atoms. The average molecular weight is 322 g/mol. The molecule has 3 amide bonds. The molecule has 0 unspecified atom stereocenters. The second-order valence-corrected chi connectivity index (χ2v) is 5.82. The van der Waals surface area contributed by atoms with Gasteiger partial charge in [0.25, 0.3) is 0 Å². The lowest BCUT2D eigenvalue weighted by molar-refractivity contribution is -0.148. The number of para-hydroxylation sites is 1. The number of thioether (sulfide) groups is 1. The van der Waals surface area contributed by atoms with Gasteiger partial charge in [-0.05, 0) is 12.1 Å². The number of rotatable bonds is 6. The molecule has 1 fully saturated rings. The Labute approximate surface area is 130 Å². The van der Waals surface area contributed by atoms with E-state index in [1.807, 2.05) is 6.07 Å². The van der Waals surface area contributed by atoms with Crippen molar-refractivity contribution in [3.63, 3.8) is 0 Å². The molecule has 116 valence electrons. The van der Waals surface area contributed by atoms with E-state index in [2.05, 4.69) is 5.32 Å².